The Morgan fingerprint density at radius 3 is 2.39 bits per heavy atom. The van der Waals surface area contributed by atoms with Crippen LogP contribution in [0.25, 0.3) is 0 Å². The van der Waals surface area contributed by atoms with Crippen LogP contribution in [0.5, 0.6) is 5.75 Å². The minimum atomic E-state index is 0.00705. The van der Waals surface area contributed by atoms with Crippen LogP contribution in [0.3, 0.4) is 0 Å². The lowest BCUT2D eigenvalue weighted by Gasteiger charge is -2.23. The third kappa shape index (κ3) is 3.23. The molecule has 4 nitrogen and oxygen atoms in total. The molecular formula is C14H19NO3. The van der Waals surface area contributed by atoms with Crippen molar-refractivity contribution in [2.24, 2.45) is 0 Å². The number of rotatable bonds is 3. The normalized spacial score (nSPS) is 16.3. The molecule has 4 heteroatoms. The first-order chi connectivity index (χ1) is 8.66. The Balaban J connectivity index is 1.96. The fourth-order valence-electron chi connectivity index (χ4n) is 1.92. The molecule has 1 aromatic carbocycles. The van der Waals surface area contributed by atoms with Gasteiger partial charge in [-0.2, -0.15) is 0 Å². The average molecular weight is 249 g/mol. The summed E-state index contributed by atoms with van der Waals surface area (Å²) >= 11 is 0. The topological polar surface area (TPSA) is 38.8 Å². The average Bonchev–Trinajstić information content (AvgIpc) is 2.40. The van der Waals surface area contributed by atoms with Crippen LogP contribution in [0.1, 0.15) is 23.2 Å². The molecule has 0 aromatic heterocycles. The largest absolute Gasteiger partial charge is 0.490 e. The number of hydrogen-bond acceptors (Lipinski definition) is 3. The zero-order valence-electron chi connectivity index (χ0n) is 10.9. The lowest BCUT2D eigenvalue weighted by atomic mass is 10.1. The number of amides is 1. The van der Waals surface area contributed by atoms with Gasteiger partial charge in [0.1, 0.15) is 11.9 Å². The number of carbonyl (C=O) groups is 1. The van der Waals surface area contributed by atoms with E-state index in [2.05, 4.69) is 0 Å². The Labute approximate surface area is 107 Å². The Hall–Kier alpha value is -1.55. The second kappa shape index (κ2) is 5.87. The van der Waals surface area contributed by atoms with E-state index < -0.39 is 0 Å². The van der Waals surface area contributed by atoms with Crippen molar-refractivity contribution in [3.63, 3.8) is 0 Å². The lowest BCUT2D eigenvalue weighted by Crippen LogP contribution is -2.26. The maximum Gasteiger partial charge on any atom is 0.253 e. The van der Waals surface area contributed by atoms with E-state index in [-0.39, 0.29) is 12.0 Å². The molecule has 0 N–H and O–H groups in total. The van der Waals surface area contributed by atoms with E-state index in [1.165, 1.54) is 0 Å². The smallest absolute Gasteiger partial charge is 0.253 e. The monoisotopic (exact) mass is 249 g/mol. The van der Waals surface area contributed by atoms with Crippen LogP contribution in [0, 0.1) is 0 Å². The molecule has 0 saturated carbocycles. The highest BCUT2D eigenvalue weighted by Crippen LogP contribution is 2.18. The van der Waals surface area contributed by atoms with Crippen LogP contribution in [-0.2, 0) is 4.74 Å². The maximum absolute atomic E-state index is 11.7. The predicted molar refractivity (Wildman–Crippen MR) is 68.9 cm³/mol. The summed E-state index contributed by atoms with van der Waals surface area (Å²) in [5.74, 6) is 0.824. The Morgan fingerprint density at radius 1 is 1.22 bits per heavy atom. The van der Waals surface area contributed by atoms with E-state index in [0.29, 0.717) is 5.56 Å². The van der Waals surface area contributed by atoms with Gasteiger partial charge in [0.2, 0.25) is 0 Å². The fourth-order valence-corrected chi connectivity index (χ4v) is 1.92. The van der Waals surface area contributed by atoms with Gasteiger partial charge in [0.15, 0.2) is 0 Å². The zero-order chi connectivity index (χ0) is 13.0. The molecule has 0 atom stereocenters. The van der Waals surface area contributed by atoms with Gasteiger partial charge >= 0.3 is 0 Å². The summed E-state index contributed by atoms with van der Waals surface area (Å²) in [6.07, 6.45) is 2.09. The van der Waals surface area contributed by atoms with Gasteiger partial charge in [-0.1, -0.05) is 0 Å². The molecule has 1 heterocycles. The second-order valence-corrected chi connectivity index (χ2v) is 4.65. The molecule has 0 spiro atoms. The Bertz CT molecular complexity index is 394. The highest BCUT2D eigenvalue weighted by atomic mass is 16.5. The van der Waals surface area contributed by atoms with E-state index in [1.54, 1.807) is 31.1 Å². The molecular weight excluding hydrogens is 230 g/mol. The van der Waals surface area contributed by atoms with E-state index in [9.17, 15) is 4.79 Å². The van der Waals surface area contributed by atoms with Gasteiger partial charge in [0.05, 0.1) is 13.2 Å². The Morgan fingerprint density at radius 2 is 1.83 bits per heavy atom. The summed E-state index contributed by atoms with van der Waals surface area (Å²) in [5.41, 5.74) is 0.680. The van der Waals surface area contributed by atoms with Crippen LogP contribution in [0.2, 0.25) is 0 Å². The number of ether oxygens (including phenoxy) is 2. The number of hydrogen-bond donors (Lipinski definition) is 0. The van der Waals surface area contributed by atoms with Crippen LogP contribution < -0.4 is 4.74 Å². The molecule has 1 aliphatic heterocycles. The van der Waals surface area contributed by atoms with Crippen LogP contribution in [0.4, 0.5) is 0 Å². The minimum Gasteiger partial charge on any atom is -0.490 e. The summed E-state index contributed by atoms with van der Waals surface area (Å²) in [5, 5.41) is 0. The summed E-state index contributed by atoms with van der Waals surface area (Å²) in [4.78, 5) is 13.3. The molecule has 1 amide bonds. The first-order valence-electron chi connectivity index (χ1n) is 6.23. The van der Waals surface area contributed by atoms with E-state index in [0.717, 1.165) is 31.8 Å². The molecule has 1 aliphatic rings. The van der Waals surface area contributed by atoms with E-state index >= 15 is 0 Å². The van der Waals surface area contributed by atoms with Crippen molar-refractivity contribution < 1.29 is 14.3 Å². The number of nitrogens with zero attached hydrogens (tertiary/aromatic N) is 1. The van der Waals surface area contributed by atoms with Gasteiger partial charge in [-0.15, -0.1) is 0 Å². The third-order valence-corrected chi connectivity index (χ3v) is 2.98. The summed E-state index contributed by atoms with van der Waals surface area (Å²) in [6, 6.07) is 7.31. The second-order valence-electron chi connectivity index (χ2n) is 4.65. The molecule has 0 bridgehead atoms. The molecule has 0 radical (unpaired) electrons. The van der Waals surface area contributed by atoms with Crippen molar-refractivity contribution in [3.8, 4) is 5.75 Å². The standard InChI is InChI=1S/C14H19NO3/c1-15(2)14(16)11-3-5-12(6-4-11)18-13-7-9-17-10-8-13/h3-6,13H,7-10H2,1-2H3. The van der Waals surface area contributed by atoms with Gasteiger partial charge in [-0.3, -0.25) is 4.79 Å². The predicted octanol–water partition coefficient (Wildman–Crippen LogP) is 1.95. The highest BCUT2D eigenvalue weighted by Gasteiger charge is 2.15. The van der Waals surface area contributed by atoms with Gasteiger partial charge in [-0.05, 0) is 24.3 Å². The third-order valence-electron chi connectivity index (χ3n) is 2.98. The Kier molecular flexibility index (Phi) is 4.20. The van der Waals surface area contributed by atoms with Crippen molar-refractivity contribution in [1.29, 1.82) is 0 Å². The first-order valence-corrected chi connectivity index (χ1v) is 6.23. The molecule has 0 aliphatic carbocycles. The van der Waals surface area contributed by atoms with Crippen LogP contribution in [0.15, 0.2) is 24.3 Å². The molecule has 2 rings (SSSR count). The van der Waals surface area contributed by atoms with Gasteiger partial charge in [0.25, 0.3) is 5.91 Å². The van der Waals surface area contributed by atoms with Crippen molar-refractivity contribution in [2.45, 2.75) is 18.9 Å². The van der Waals surface area contributed by atoms with Gasteiger partial charge in [0, 0.05) is 32.5 Å². The van der Waals surface area contributed by atoms with Crippen LogP contribution >= 0.6 is 0 Å². The lowest BCUT2D eigenvalue weighted by molar-refractivity contribution is 0.0256. The molecule has 1 fully saturated rings. The first kappa shape index (κ1) is 12.9. The molecule has 1 saturated heterocycles. The van der Waals surface area contributed by atoms with Crippen molar-refractivity contribution in [3.05, 3.63) is 29.8 Å². The fraction of sp³-hybridized carbons (Fsp3) is 0.500. The number of benzene rings is 1. The van der Waals surface area contributed by atoms with Gasteiger partial charge < -0.3 is 14.4 Å². The summed E-state index contributed by atoms with van der Waals surface area (Å²) in [6.45, 7) is 1.53. The molecule has 18 heavy (non-hydrogen) atoms. The van der Waals surface area contributed by atoms with E-state index in [4.69, 9.17) is 9.47 Å². The van der Waals surface area contributed by atoms with Crippen molar-refractivity contribution in [1.82, 2.24) is 4.90 Å². The van der Waals surface area contributed by atoms with E-state index in [1.807, 2.05) is 12.1 Å². The van der Waals surface area contributed by atoms with Crippen molar-refractivity contribution in [2.75, 3.05) is 27.3 Å². The van der Waals surface area contributed by atoms with Crippen LogP contribution in [-0.4, -0.2) is 44.2 Å². The zero-order valence-corrected chi connectivity index (χ0v) is 10.9. The quantitative estimate of drug-likeness (QED) is 0.822. The SMILES string of the molecule is CN(C)C(=O)c1ccc(OC2CCOCC2)cc1. The summed E-state index contributed by atoms with van der Waals surface area (Å²) < 4.78 is 11.1. The van der Waals surface area contributed by atoms with Gasteiger partial charge in [-0.25, -0.2) is 0 Å². The minimum absolute atomic E-state index is 0.00705. The molecule has 98 valence electrons. The molecule has 1 aromatic rings. The highest BCUT2D eigenvalue weighted by molar-refractivity contribution is 5.93. The number of carbonyl (C=O) groups excluding carboxylic acids is 1. The summed E-state index contributed by atoms with van der Waals surface area (Å²) in [7, 11) is 3.49. The maximum atomic E-state index is 11.7. The molecule has 0 unspecified atom stereocenters. The van der Waals surface area contributed by atoms with Crippen molar-refractivity contribution >= 4 is 5.91 Å².